The van der Waals surface area contributed by atoms with Crippen LogP contribution in [0.15, 0.2) is 36.5 Å². The Morgan fingerprint density at radius 2 is 1.77 bits per heavy atom. The van der Waals surface area contributed by atoms with Crippen LogP contribution in [0.4, 0.5) is 30.7 Å². The van der Waals surface area contributed by atoms with Crippen LogP contribution in [-0.4, -0.2) is 72.5 Å². The minimum absolute atomic E-state index is 0.0595. The van der Waals surface area contributed by atoms with E-state index in [1.165, 1.54) is 15.8 Å². The Hall–Kier alpha value is -4.77. The summed E-state index contributed by atoms with van der Waals surface area (Å²) in [4.78, 5) is 29.1. The van der Waals surface area contributed by atoms with Gasteiger partial charge in [0.1, 0.15) is 17.0 Å². The van der Waals surface area contributed by atoms with Crippen LogP contribution in [0.5, 0.6) is 5.75 Å². The van der Waals surface area contributed by atoms with Gasteiger partial charge in [0.15, 0.2) is 11.3 Å². The van der Waals surface area contributed by atoms with Gasteiger partial charge < -0.3 is 19.9 Å². The van der Waals surface area contributed by atoms with E-state index in [4.69, 9.17) is 0 Å². The Morgan fingerprint density at radius 1 is 1.02 bits per heavy atom. The van der Waals surface area contributed by atoms with Crippen LogP contribution in [-0.2, 0) is 24.3 Å². The van der Waals surface area contributed by atoms with Gasteiger partial charge >= 0.3 is 12.5 Å². The van der Waals surface area contributed by atoms with Crippen molar-refractivity contribution >= 4 is 22.8 Å². The molecule has 2 N–H and O–H groups in total. The van der Waals surface area contributed by atoms with E-state index < -0.39 is 47.9 Å². The van der Waals surface area contributed by atoms with Crippen molar-refractivity contribution in [3.05, 3.63) is 65.0 Å². The van der Waals surface area contributed by atoms with E-state index >= 15 is 0 Å². The van der Waals surface area contributed by atoms with Crippen molar-refractivity contribution in [1.82, 2.24) is 40.4 Å². The number of hydrogen-bond donors (Lipinski definition) is 2. The van der Waals surface area contributed by atoms with E-state index in [-0.39, 0.29) is 30.3 Å². The molecule has 0 unspecified atom stereocenters. The number of hydrogen-bond acceptors (Lipinski definition) is 7. The smallest absolute Gasteiger partial charge is 0.406 e. The van der Waals surface area contributed by atoms with Crippen molar-refractivity contribution in [3.63, 3.8) is 0 Å². The molecule has 11 nitrogen and oxygen atoms in total. The number of unbranched alkanes of at least 4 members (excludes halogenated alkanes) is 1. The summed E-state index contributed by atoms with van der Waals surface area (Å²) in [6.07, 6.45) is -6.30. The lowest BCUT2D eigenvalue weighted by Gasteiger charge is -2.43. The van der Waals surface area contributed by atoms with Crippen molar-refractivity contribution < 1.29 is 45.1 Å². The van der Waals surface area contributed by atoms with Gasteiger partial charge in [0.25, 0.3) is 5.91 Å². The molecule has 252 valence electrons. The van der Waals surface area contributed by atoms with E-state index in [1.807, 2.05) is 12.1 Å². The second-order valence-corrected chi connectivity index (χ2v) is 11.7. The molecular weight excluding hydrogens is 641 g/mol. The number of fused-ring (bicyclic) bond motifs is 1. The van der Waals surface area contributed by atoms with E-state index in [2.05, 4.69) is 35.5 Å². The first-order valence-electron chi connectivity index (χ1n) is 14.4. The third-order valence-electron chi connectivity index (χ3n) is 7.83. The number of likely N-dealkylation sites (tertiary alicyclic amines) is 1. The average Bonchev–Trinajstić information content (AvgIpc) is 3.60. The zero-order valence-electron chi connectivity index (χ0n) is 25.0. The van der Waals surface area contributed by atoms with Gasteiger partial charge in [0.05, 0.1) is 11.9 Å². The zero-order valence-corrected chi connectivity index (χ0v) is 25.0. The maximum Gasteiger partial charge on any atom is 0.573 e. The van der Waals surface area contributed by atoms with E-state index in [0.717, 1.165) is 48.8 Å². The molecule has 1 fully saturated rings. The predicted molar refractivity (Wildman–Crippen MR) is 150 cm³/mol. The number of halogens is 7. The molecule has 0 radical (unpaired) electrons. The standard InChI is InChI=1S/C29H29F7N8O3/c1-27(2,28(31,32)33)26(46)43-13-18(14-43)22-11-16-9-19(39-41-24(16)38-22)5-3-4-8-44-15-23(40-42-44)25(45)37-12-17-10-20(6-7-21(17)30)47-29(34,35)36/h6-7,9-11,15,18H,3-5,8,12-14H2,1-2H3,(H,37,45)(H,38,41). The summed E-state index contributed by atoms with van der Waals surface area (Å²) in [7, 11) is 0. The first-order chi connectivity index (χ1) is 22.0. The molecule has 0 atom stereocenters. The number of carbonyl (C=O) groups excluding carboxylic acids is 2. The van der Waals surface area contributed by atoms with Gasteiger partial charge in [0, 0.05) is 48.7 Å². The summed E-state index contributed by atoms with van der Waals surface area (Å²) >= 11 is 0. The maximum atomic E-state index is 14.0. The zero-order chi connectivity index (χ0) is 34.1. The highest BCUT2D eigenvalue weighted by atomic mass is 19.4. The number of aromatic amines is 1. The number of amides is 2. The Bertz CT molecular complexity index is 1760. The number of carbonyl (C=O) groups is 2. The van der Waals surface area contributed by atoms with Crippen LogP contribution >= 0.6 is 0 Å². The Balaban J connectivity index is 1.07. The fourth-order valence-electron chi connectivity index (χ4n) is 4.94. The number of benzene rings is 1. The number of aryl methyl sites for hydroxylation is 2. The molecule has 4 aromatic rings. The summed E-state index contributed by atoms with van der Waals surface area (Å²) < 4.78 is 96.2. The number of rotatable bonds is 11. The summed E-state index contributed by atoms with van der Waals surface area (Å²) in [5, 5.41) is 19.3. The highest BCUT2D eigenvalue weighted by Crippen LogP contribution is 2.41. The first kappa shape index (κ1) is 33.6. The van der Waals surface area contributed by atoms with Gasteiger partial charge in [-0.2, -0.15) is 18.3 Å². The van der Waals surface area contributed by atoms with Gasteiger partial charge in [-0.3, -0.25) is 14.3 Å². The molecule has 1 saturated heterocycles. The lowest BCUT2D eigenvalue weighted by Crippen LogP contribution is -2.56. The number of nitrogens with zero attached hydrogens (tertiary/aromatic N) is 6. The molecule has 2 amide bonds. The molecule has 1 aromatic carbocycles. The van der Waals surface area contributed by atoms with Gasteiger partial charge in [-0.1, -0.05) is 5.21 Å². The fraction of sp³-hybridized carbons (Fsp3) is 0.448. The molecule has 0 aliphatic carbocycles. The molecule has 1 aliphatic heterocycles. The summed E-state index contributed by atoms with van der Waals surface area (Å²) in [6.45, 7) is 2.11. The van der Waals surface area contributed by atoms with Gasteiger partial charge in [-0.15, -0.1) is 23.4 Å². The lowest BCUT2D eigenvalue weighted by molar-refractivity contribution is -0.274. The molecule has 47 heavy (non-hydrogen) atoms. The van der Waals surface area contributed by atoms with Crippen molar-refractivity contribution in [3.8, 4) is 5.75 Å². The molecule has 1 aliphatic rings. The summed E-state index contributed by atoms with van der Waals surface area (Å²) in [5.74, 6) is -3.23. The molecule has 3 aromatic heterocycles. The molecule has 18 heteroatoms. The molecular formula is C29H29F7N8O3. The lowest BCUT2D eigenvalue weighted by atomic mass is 9.86. The topological polar surface area (TPSA) is 131 Å². The SMILES string of the molecule is CC(C)(C(=O)N1CC(c2cc3cc(CCCCn4cc(C(=O)NCc5cc(OC(F)(F)F)ccc5F)nn4)nnc3[nH]2)C1)C(F)(F)F. The molecule has 0 spiro atoms. The van der Waals surface area contributed by atoms with E-state index in [0.29, 0.717) is 31.5 Å². The molecule has 0 bridgehead atoms. The highest BCUT2D eigenvalue weighted by molar-refractivity contribution is 5.91. The van der Waals surface area contributed by atoms with Gasteiger partial charge in [-0.05, 0) is 63.4 Å². The highest BCUT2D eigenvalue weighted by Gasteiger charge is 2.55. The van der Waals surface area contributed by atoms with Crippen molar-refractivity contribution in [2.75, 3.05) is 13.1 Å². The van der Waals surface area contributed by atoms with Crippen molar-refractivity contribution in [1.29, 1.82) is 0 Å². The van der Waals surface area contributed by atoms with Crippen LogP contribution in [0.2, 0.25) is 0 Å². The molecule has 5 rings (SSSR count). The summed E-state index contributed by atoms with van der Waals surface area (Å²) in [5.41, 5.74) is -0.711. The van der Waals surface area contributed by atoms with E-state index in [1.54, 1.807) is 0 Å². The largest absolute Gasteiger partial charge is 0.573 e. The van der Waals surface area contributed by atoms with Crippen molar-refractivity contribution in [2.45, 2.75) is 64.7 Å². The third-order valence-corrected chi connectivity index (χ3v) is 7.83. The Morgan fingerprint density at radius 3 is 2.47 bits per heavy atom. The maximum absolute atomic E-state index is 14.0. The quantitative estimate of drug-likeness (QED) is 0.169. The average molecular weight is 671 g/mol. The predicted octanol–water partition coefficient (Wildman–Crippen LogP) is 5.05. The second kappa shape index (κ2) is 12.8. The Labute approximate surface area is 262 Å². The van der Waals surface area contributed by atoms with E-state index in [9.17, 15) is 40.3 Å². The number of H-pyrrole nitrogens is 1. The van der Waals surface area contributed by atoms with Gasteiger partial charge in [0.2, 0.25) is 5.91 Å². The van der Waals surface area contributed by atoms with Crippen LogP contribution in [0.25, 0.3) is 11.0 Å². The van der Waals surface area contributed by atoms with Crippen molar-refractivity contribution in [2.24, 2.45) is 5.41 Å². The fourth-order valence-corrected chi connectivity index (χ4v) is 4.94. The van der Waals surface area contributed by atoms with Crippen LogP contribution in [0, 0.1) is 11.2 Å². The summed E-state index contributed by atoms with van der Waals surface area (Å²) in [6, 6.07) is 6.19. The van der Waals surface area contributed by atoms with Crippen LogP contribution in [0.3, 0.4) is 0 Å². The monoisotopic (exact) mass is 670 g/mol. The Kier molecular flexibility index (Phi) is 9.14. The number of nitrogens with one attached hydrogen (secondary N) is 2. The second-order valence-electron chi connectivity index (χ2n) is 11.7. The third kappa shape index (κ3) is 7.79. The normalized spacial score (nSPS) is 14.4. The van der Waals surface area contributed by atoms with Gasteiger partial charge in [-0.25, -0.2) is 4.39 Å². The number of aromatic nitrogens is 6. The molecule has 0 saturated carbocycles. The number of alkyl halides is 6. The minimum Gasteiger partial charge on any atom is -0.406 e. The first-order valence-corrected chi connectivity index (χ1v) is 14.4. The van der Waals surface area contributed by atoms with Crippen LogP contribution in [0.1, 0.15) is 60.0 Å². The molecule has 4 heterocycles. The number of ether oxygens (including phenoxy) is 1. The minimum atomic E-state index is -4.94. The van der Waals surface area contributed by atoms with Crippen LogP contribution < -0.4 is 10.1 Å².